The summed E-state index contributed by atoms with van der Waals surface area (Å²) >= 11 is 6.30. The lowest BCUT2D eigenvalue weighted by molar-refractivity contribution is -0.119. The molecule has 1 aliphatic rings. The number of amides is 2. The number of ether oxygens (including phenoxy) is 1. The van der Waals surface area contributed by atoms with Crippen molar-refractivity contribution in [3.8, 4) is 5.75 Å². The summed E-state index contributed by atoms with van der Waals surface area (Å²) in [5.41, 5.74) is 2.10. The molecule has 2 heterocycles. The van der Waals surface area contributed by atoms with E-state index in [9.17, 15) is 14.4 Å². The maximum absolute atomic E-state index is 12.9. The van der Waals surface area contributed by atoms with Crippen molar-refractivity contribution in [1.82, 2.24) is 4.57 Å². The number of pyridine rings is 1. The largest absolute Gasteiger partial charge is 0.482 e. The molecule has 0 saturated heterocycles. The highest BCUT2D eigenvalue weighted by atomic mass is 35.5. The van der Waals surface area contributed by atoms with Crippen molar-refractivity contribution in [2.75, 3.05) is 17.2 Å². The van der Waals surface area contributed by atoms with Gasteiger partial charge in [-0.1, -0.05) is 35.9 Å². The van der Waals surface area contributed by atoms with Gasteiger partial charge < -0.3 is 19.9 Å². The number of benzene rings is 3. The molecule has 4 aromatic rings. The number of aromatic nitrogens is 1. The molecule has 0 spiro atoms. The zero-order chi connectivity index (χ0) is 21.5. The van der Waals surface area contributed by atoms with Gasteiger partial charge in [-0.15, -0.1) is 0 Å². The van der Waals surface area contributed by atoms with Crippen LogP contribution in [0.2, 0.25) is 5.02 Å². The van der Waals surface area contributed by atoms with Crippen LogP contribution in [-0.2, 0) is 16.1 Å². The smallest absolute Gasteiger partial charge is 0.262 e. The van der Waals surface area contributed by atoms with Crippen molar-refractivity contribution < 1.29 is 14.3 Å². The van der Waals surface area contributed by atoms with Gasteiger partial charge in [0.25, 0.3) is 5.91 Å². The second-order valence-corrected chi connectivity index (χ2v) is 7.57. The average molecular weight is 434 g/mol. The molecule has 0 aliphatic carbocycles. The molecule has 154 valence electrons. The molecule has 1 aromatic heterocycles. The van der Waals surface area contributed by atoms with Gasteiger partial charge in [0, 0.05) is 16.8 Å². The van der Waals surface area contributed by atoms with Crippen LogP contribution in [0.25, 0.3) is 21.8 Å². The van der Waals surface area contributed by atoms with E-state index >= 15 is 0 Å². The summed E-state index contributed by atoms with van der Waals surface area (Å²) in [5, 5.41) is 6.84. The van der Waals surface area contributed by atoms with Crippen LogP contribution in [-0.4, -0.2) is 23.0 Å². The van der Waals surface area contributed by atoms with Crippen LogP contribution in [0.4, 0.5) is 11.4 Å². The lowest BCUT2D eigenvalue weighted by Gasteiger charge is -2.20. The lowest BCUT2D eigenvalue weighted by Crippen LogP contribution is -2.26. The Hall–Kier alpha value is -3.84. The quantitative estimate of drug-likeness (QED) is 0.481. The molecular weight excluding hydrogens is 418 g/mol. The van der Waals surface area contributed by atoms with Crippen LogP contribution in [0, 0.1) is 0 Å². The summed E-state index contributed by atoms with van der Waals surface area (Å²) in [5.74, 6) is -0.156. The van der Waals surface area contributed by atoms with E-state index in [1.807, 2.05) is 28.8 Å². The molecule has 0 radical (unpaired) electrons. The molecule has 8 heteroatoms. The minimum Gasteiger partial charge on any atom is -0.482 e. The fraction of sp³-hybridized carbons (Fsp3) is 0.0870. The fourth-order valence-corrected chi connectivity index (χ4v) is 3.99. The van der Waals surface area contributed by atoms with Crippen LogP contribution >= 0.6 is 11.6 Å². The molecule has 0 unspecified atom stereocenters. The highest BCUT2D eigenvalue weighted by Crippen LogP contribution is 2.36. The number of carbonyl (C=O) groups excluding carboxylic acids is 2. The second-order valence-electron chi connectivity index (χ2n) is 7.16. The van der Waals surface area contributed by atoms with Crippen LogP contribution in [0.3, 0.4) is 0 Å². The molecule has 5 rings (SSSR count). The number of hydrogen-bond acceptors (Lipinski definition) is 4. The normalized spacial score (nSPS) is 12.9. The zero-order valence-corrected chi connectivity index (χ0v) is 16.9. The third-order valence-electron chi connectivity index (χ3n) is 5.16. The first kappa shape index (κ1) is 19.1. The van der Waals surface area contributed by atoms with E-state index in [0.717, 1.165) is 0 Å². The number of carbonyl (C=O) groups is 2. The van der Waals surface area contributed by atoms with Crippen molar-refractivity contribution in [1.29, 1.82) is 0 Å². The Morgan fingerprint density at radius 1 is 1.03 bits per heavy atom. The van der Waals surface area contributed by atoms with Crippen LogP contribution in [0.15, 0.2) is 65.5 Å². The average Bonchev–Trinajstić information content (AvgIpc) is 2.77. The van der Waals surface area contributed by atoms with E-state index in [1.54, 1.807) is 30.3 Å². The van der Waals surface area contributed by atoms with Crippen molar-refractivity contribution in [3.05, 3.63) is 75.9 Å². The molecule has 2 N–H and O–H groups in total. The second kappa shape index (κ2) is 7.45. The lowest BCUT2D eigenvalue weighted by atomic mass is 10.1. The van der Waals surface area contributed by atoms with Gasteiger partial charge in [0.15, 0.2) is 12.0 Å². The van der Waals surface area contributed by atoms with E-state index in [0.29, 0.717) is 38.9 Å². The maximum Gasteiger partial charge on any atom is 0.262 e. The van der Waals surface area contributed by atoms with Crippen LogP contribution in [0.1, 0.15) is 0 Å². The van der Waals surface area contributed by atoms with E-state index in [-0.39, 0.29) is 35.4 Å². The van der Waals surface area contributed by atoms with Crippen molar-refractivity contribution in [3.63, 3.8) is 0 Å². The molecule has 0 atom stereocenters. The molecule has 0 saturated carbocycles. The van der Waals surface area contributed by atoms with E-state index in [2.05, 4.69) is 10.6 Å². The number of fused-ring (bicyclic) bond motifs is 3. The van der Waals surface area contributed by atoms with Gasteiger partial charge in [-0.25, -0.2) is 0 Å². The third-order valence-corrected chi connectivity index (χ3v) is 5.47. The first-order chi connectivity index (χ1) is 15.0. The molecule has 3 aromatic carbocycles. The van der Waals surface area contributed by atoms with E-state index in [4.69, 9.17) is 16.3 Å². The summed E-state index contributed by atoms with van der Waals surface area (Å²) in [6, 6.07) is 17.5. The fourth-order valence-electron chi connectivity index (χ4n) is 3.78. The maximum atomic E-state index is 12.9. The minimum atomic E-state index is -0.319. The van der Waals surface area contributed by atoms with Gasteiger partial charge >= 0.3 is 0 Å². The molecule has 0 bridgehead atoms. The Kier molecular flexibility index (Phi) is 4.60. The molecule has 0 fully saturated rings. The Labute approximate surface area is 181 Å². The van der Waals surface area contributed by atoms with Crippen LogP contribution in [0.5, 0.6) is 5.75 Å². The first-order valence-corrected chi connectivity index (χ1v) is 9.95. The summed E-state index contributed by atoms with van der Waals surface area (Å²) in [6.45, 7) is -0.121. The summed E-state index contributed by atoms with van der Waals surface area (Å²) in [4.78, 5) is 37.3. The monoisotopic (exact) mass is 433 g/mol. The van der Waals surface area contributed by atoms with Crippen molar-refractivity contribution in [2.45, 2.75) is 6.54 Å². The molecule has 2 amide bonds. The minimum absolute atomic E-state index is 0.0215. The standard InChI is InChI=1S/C23H16ClN3O4/c24-15-9-17-20(31-12-22(29)26-17)10-16(15)25-21(28)11-27-18-7-3-1-5-13(18)23(30)14-6-2-4-8-19(14)27/h1-10H,11-12H2,(H,25,28)(H,26,29). The molecular formula is C23H16ClN3O4. The topological polar surface area (TPSA) is 89.4 Å². The van der Waals surface area contributed by atoms with E-state index in [1.165, 1.54) is 6.07 Å². The summed E-state index contributed by atoms with van der Waals surface area (Å²) < 4.78 is 7.21. The van der Waals surface area contributed by atoms with Gasteiger partial charge in [-0.05, 0) is 30.3 Å². The molecule has 7 nitrogen and oxygen atoms in total. The third kappa shape index (κ3) is 3.39. The van der Waals surface area contributed by atoms with Crippen LogP contribution < -0.4 is 20.8 Å². The number of hydrogen-bond donors (Lipinski definition) is 2. The summed E-state index contributed by atoms with van der Waals surface area (Å²) in [7, 11) is 0. The number of nitrogens with one attached hydrogen (secondary N) is 2. The number of rotatable bonds is 3. The number of halogens is 1. The number of para-hydroxylation sites is 2. The Morgan fingerprint density at radius 2 is 1.68 bits per heavy atom. The van der Waals surface area contributed by atoms with Gasteiger partial charge in [-0.2, -0.15) is 0 Å². The Balaban J connectivity index is 1.52. The number of nitrogens with zero attached hydrogens (tertiary/aromatic N) is 1. The predicted octanol–water partition coefficient (Wildman–Crippen LogP) is 3.78. The highest BCUT2D eigenvalue weighted by Gasteiger charge is 2.20. The van der Waals surface area contributed by atoms with Crippen molar-refractivity contribution >= 4 is 56.6 Å². The van der Waals surface area contributed by atoms with Gasteiger partial charge in [0.05, 0.1) is 27.4 Å². The molecule has 1 aliphatic heterocycles. The SMILES string of the molecule is O=C(Cn1c2ccccc2c(=O)c2ccccc21)Nc1cc2c(cc1Cl)NC(=O)CO2. The Bertz CT molecular complexity index is 1380. The van der Waals surface area contributed by atoms with Gasteiger partial charge in [-0.3, -0.25) is 14.4 Å². The Morgan fingerprint density at radius 3 is 2.35 bits per heavy atom. The predicted molar refractivity (Wildman–Crippen MR) is 120 cm³/mol. The zero-order valence-electron chi connectivity index (χ0n) is 16.1. The number of anilines is 2. The first-order valence-electron chi connectivity index (χ1n) is 9.57. The summed E-state index contributed by atoms with van der Waals surface area (Å²) in [6.07, 6.45) is 0. The van der Waals surface area contributed by atoms with E-state index < -0.39 is 0 Å². The highest BCUT2D eigenvalue weighted by molar-refractivity contribution is 6.34. The van der Waals surface area contributed by atoms with Gasteiger partial charge in [0.2, 0.25) is 5.91 Å². The van der Waals surface area contributed by atoms with Gasteiger partial charge in [0.1, 0.15) is 12.3 Å². The van der Waals surface area contributed by atoms with Crippen molar-refractivity contribution in [2.24, 2.45) is 0 Å². The molecule has 31 heavy (non-hydrogen) atoms.